The van der Waals surface area contributed by atoms with Crippen LogP contribution in [0.1, 0.15) is 0 Å². The average molecular weight is 834 g/mol. The Morgan fingerprint density at radius 2 is 0.797 bits per heavy atom. The average Bonchev–Trinajstić information content (AvgIpc) is 3.88. The lowest BCUT2D eigenvalue weighted by atomic mass is 10.0. The van der Waals surface area contributed by atoms with Gasteiger partial charge in [0, 0.05) is 49.9 Å². The highest BCUT2D eigenvalue weighted by atomic mass is 28.3. The lowest BCUT2D eigenvalue weighted by Gasteiger charge is -2.34. The maximum absolute atomic E-state index is 3.76. The molecule has 302 valence electrons. The van der Waals surface area contributed by atoms with Crippen LogP contribution in [0.15, 0.2) is 255 Å². The summed E-state index contributed by atoms with van der Waals surface area (Å²) in [6.07, 6.45) is 0. The molecule has 0 saturated heterocycles. The van der Waals surface area contributed by atoms with Crippen molar-refractivity contribution in [3.8, 4) is 22.5 Å². The van der Waals surface area contributed by atoms with Gasteiger partial charge in [0.2, 0.25) is 0 Å². The quantitative estimate of drug-likeness (QED) is 0.114. The third-order valence-electron chi connectivity index (χ3n) is 13.0. The Bertz CT molecular complexity index is 3530. The number of nitrogens with one attached hydrogen (secondary N) is 1. The molecular formula is C60H43N3Si. The fourth-order valence-corrected chi connectivity index (χ4v) is 15.0. The van der Waals surface area contributed by atoms with E-state index in [1.54, 1.807) is 0 Å². The minimum Gasteiger partial charge on any atom is -0.355 e. The Labute approximate surface area is 373 Å². The van der Waals surface area contributed by atoms with Gasteiger partial charge in [-0.2, -0.15) is 0 Å². The molecule has 4 heteroatoms. The van der Waals surface area contributed by atoms with E-state index in [-0.39, 0.29) is 0 Å². The number of anilines is 2. The molecule has 0 aliphatic rings. The molecule has 0 radical (unpaired) electrons. The van der Waals surface area contributed by atoms with Crippen molar-refractivity contribution in [3.05, 3.63) is 255 Å². The van der Waals surface area contributed by atoms with Crippen LogP contribution in [-0.4, -0.2) is 17.2 Å². The summed E-state index contributed by atoms with van der Waals surface area (Å²) in [5, 5.41) is 14.1. The number of hydrogen-bond donors (Lipinski definition) is 1. The number of aromatic nitrogens is 2. The van der Waals surface area contributed by atoms with Crippen molar-refractivity contribution in [2.45, 2.75) is 0 Å². The predicted molar refractivity (Wildman–Crippen MR) is 274 cm³/mol. The standard InChI is InChI=1S/C60H43N3Si/c1-5-20-43(21-6-1)51-30-13-16-33-56(51)61-44-22-19-23-45(40-44)62-58-35-18-15-32-53(58)55-41-46(36-39-59(55)62)63-57-34-17-14-31-52(57)54-38-37-50(42-60(54)63)64(47-24-7-2-8-25-47,48-26-9-3-10-27-48)49-28-11-4-12-29-49/h1-42,61H. The molecule has 1 N–H and O–H groups in total. The highest BCUT2D eigenvalue weighted by molar-refractivity contribution is 7.20. The first-order valence-corrected chi connectivity index (χ1v) is 24.0. The van der Waals surface area contributed by atoms with Crippen LogP contribution in [0.25, 0.3) is 66.1 Å². The van der Waals surface area contributed by atoms with Gasteiger partial charge in [0.05, 0.1) is 22.1 Å². The number of hydrogen-bond acceptors (Lipinski definition) is 1. The van der Waals surface area contributed by atoms with Crippen molar-refractivity contribution in [3.63, 3.8) is 0 Å². The van der Waals surface area contributed by atoms with E-state index in [0.717, 1.165) is 28.3 Å². The molecule has 0 aliphatic heterocycles. The van der Waals surface area contributed by atoms with Crippen molar-refractivity contribution in [2.24, 2.45) is 0 Å². The van der Waals surface area contributed by atoms with Gasteiger partial charge in [0.15, 0.2) is 8.07 Å². The van der Waals surface area contributed by atoms with Crippen LogP contribution in [0.2, 0.25) is 0 Å². The van der Waals surface area contributed by atoms with Crippen LogP contribution in [0.5, 0.6) is 0 Å². The molecule has 0 bridgehead atoms. The maximum Gasteiger partial charge on any atom is 0.179 e. The molecule has 0 amide bonds. The van der Waals surface area contributed by atoms with E-state index in [1.165, 1.54) is 70.0 Å². The first-order valence-electron chi connectivity index (χ1n) is 22.0. The fourth-order valence-electron chi connectivity index (χ4n) is 10.3. The number of para-hydroxylation sites is 3. The Balaban J connectivity index is 1.04. The summed E-state index contributed by atoms with van der Waals surface area (Å²) < 4.78 is 4.90. The van der Waals surface area contributed by atoms with Crippen molar-refractivity contribution >= 4 is 83.8 Å². The molecule has 0 aliphatic carbocycles. The van der Waals surface area contributed by atoms with Gasteiger partial charge in [-0.15, -0.1) is 0 Å². The fraction of sp³-hybridized carbons (Fsp3) is 0. The molecule has 10 aromatic carbocycles. The van der Waals surface area contributed by atoms with E-state index in [2.05, 4.69) is 269 Å². The van der Waals surface area contributed by atoms with Gasteiger partial charge in [-0.1, -0.05) is 194 Å². The van der Waals surface area contributed by atoms with Gasteiger partial charge in [0.1, 0.15) is 0 Å². The second kappa shape index (κ2) is 15.6. The monoisotopic (exact) mass is 833 g/mol. The normalized spacial score (nSPS) is 11.8. The van der Waals surface area contributed by atoms with Crippen LogP contribution >= 0.6 is 0 Å². The highest BCUT2D eigenvalue weighted by Gasteiger charge is 2.41. The minimum atomic E-state index is -2.78. The summed E-state index contributed by atoms with van der Waals surface area (Å²) >= 11 is 0. The first-order chi connectivity index (χ1) is 31.8. The van der Waals surface area contributed by atoms with Gasteiger partial charge in [0.25, 0.3) is 0 Å². The molecule has 0 atom stereocenters. The van der Waals surface area contributed by atoms with Crippen molar-refractivity contribution in [1.82, 2.24) is 9.13 Å². The molecule has 0 fully saturated rings. The summed E-state index contributed by atoms with van der Waals surface area (Å²) in [4.78, 5) is 0. The zero-order valence-electron chi connectivity index (χ0n) is 35.1. The lowest BCUT2D eigenvalue weighted by molar-refractivity contribution is 1.17. The van der Waals surface area contributed by atoms with Crippen LogP contribution in [0.4, 0.5) is 11.4 Å². The van der Waals surface area contributed by atoms with Crippen LogP contribution in [0, 0.1) is 0 Å². The summed E-state index contributed by atoms with van der Waals surface area (Å²) in [5.41, 5.74) is 11.4. The van der Waals surface area contributed by atoms with E-state index < -0.39 is 8.07 Å². The zero-order chi connectivity index (χ0) is 42.5. The molecule has 0 spiro atoms. The number of fused-ring (bicyclic) bond motifs is 6. The smallest absolute Gasteiger partial charge is 0.179 e. The molecule has 0 unspecified atom stereocenters. The second-order valence-corrected chi connectivity index (χ2v) is 20.4. The largest absolute Gasteiger partial charge is 0.355 e. The minimum absolute atomic E-state index is 1.03. The van der Waals surface area contributed by atoms with E-state index in [1.807, 2.05) is 0 Å². The Kier molecular flexibility index (Phi) is 9.17. The third-order valence-corrected chi connectivity index (χ3v) is 17.8. The molecule has 12 rings (SSSR count). The number of nitrogens with zero attached hydrogens (tertiary/aromatic N) is 2. The maximum atomic E-state index is 3.76. The lowest BCUT2D eigenvalue weighted by Crippen LogP contribution is -2.74. The van der Waals surface area contributed by atoms with Gasteiger partial charge in [-0.3, -0.25) is 0 Å². The molecule has 0 saturated carbocycles. The van der Waals surface area contributed by atoms with Crippen LogP contribution < -0.4 is 26.1 Å². The van der Waals surface area contributed by atoms with Gasteiger partial charge in [-0.25, -0.2) is 0 Å². The summed E-state index contributed by atoms with van der Waals surface area (Å²) in [6, 6.07) is 93.5. The van der Waals surface area contributed by atoms with E-state index in [4.69, 9.17) is 0 Å². The summed E-state index contributed by atoms with van der Waals surface area (Å²) in [5.74, 6) is 0. The molecule has 3 nitrogen and oxygen atoms in total. The summed E-state index contributed by atoms with van der Waals surface area (Å²) in [7, 11) is -2.78. The Hall–Kier alpha value is -8.18. The SMILES string of the molecule is c1ccc(-c2ccccc2Nc2cccc(-n3c4ccccc4c4cc(-n5c6ccccc6c6ccc([Si](c7ccccc7)(c7ccccc7)c7ccccc7)cc65)ccc43)c2)cc1. The Morgan fingerprint density at radius 1 is 0.297 bits per heavy atom. The van der Waals surface area contributed by atoms with E-state index in [9.17, 15) is 0 Å². The predicted octanol–water partition coefficient (Wildman–Crippen LogP) is 12.7. The van der Waals surface area contributed by atoms with Crippen molar-refractivity contribution < 1.29 is 0 Å². The molecule has 12 aromatic rings. The zero-order valence-corrected chi connectivity index (χ0v) is 36.1. The number of benzene rings is 10. The highest BCUT2D eigenvalue weighted by Crippen LogP contribution is 2.38. The molecule has 2 aromatic heterocycles. The van der Waals surface area contributed by atoms with Crippen LogP contribution in [0.3, 0.4) is 0 Å². The van der Waals surface area contributed by atoms with Crippen molar-refractivity contribution in [1.29, 1.82) is 0 Å². The molecular weight excluding hydrogens is 791 g/mol. The van der Waals surface area contributed by atoms with Gasteiger partial charge >= 0.3 is 0 Å². The topological polar surface area (TPSA) is 21.9 Å². The second-order valence-electron chi connectivity index (χ2n) is 16.6. The Morgan fingerprint density at radius 3 is 1.45 bits per heavy atom. The number of rotatable bonds is 9. The van der Waals surface area contributed by atoms with Gasteiger partial charge in [-0.05, 0) is 87.0 Å². The van der Waals surface area contributed by atoms with E-state index >= 15 is 0 Å². The third kappa shape index (κ3) is 6.10. The van der Waals surface area contributed by atoms with Crippen molar-refractivity contribution in [2.75, 3.05) is 5.32 Å². The van der Waals surface area contributed by atoms with Crippen LogP contribution in [-0.2, 0) is 0 Å². The summed E-state index contributed by atoms with van der Waals surface area (Å²) in [6.45, 7) is 0. The van der Waals surface area contributed by atoms with E-state index in [0.29, 0.717) is 0 Å². The first kappa shape index (κ1) is 37.6. The van der Waals surface area contributed by atoms with Gasteiger partial charge < -0.3 is 14.5 Å². The molecule has 2 heterocycles. The molecule has 64 heavy (non-hydrogen) atoms.